The second-order valence-electron chi connectivity index (χ2n) is 15.2. The molecule has 2 unspecified atom stereocenters. The number of aliphatic hydroxyl groups is 1. The third-order valence-corrected chi connectivity index (χ3v) is 9.68. The summed E-state index contributed by atoms with van der Waals surface area (Å²) >= 11 is 0. The highest BCUT2D eigenvalue weighted by molar-refractivity contribution is 7.47. The fraction of sp³-hybridized carbons (Fsp3) is 0.767. The fourth-order valence-corrected chi connectivity index (χ4v) is 6.06. The summed E-state index contributed by atoms with van der Waals surface area (Å²) in [5.41, 5.74) is 0. The zero-order valence-electron chi connectivity index (χ0n) is 34.8. The van der Waals surface area contributed by atoms with E-state index in [4.69, 9.17) is 18.5 Å². The number of rotatable bonds is 37. The molecule has 3 atom stereocenters. The lowest BCUT2D eigenvalue weighted by Crippen LogP contribution is -2.37. The Hall–Kier alpha value is -2.07. The maximum atomic E-state index is 12.6. The van der Waals surface area contributed by atoms with Gasteiger partial charge < -0.3 is 24.0 Å². The first kappa shape index (κ1) is 51.9. The highest BCUT2D eigenvalue weighted by Gasteiger charge is 2.27. The molecule has 0 aliphatic heterocycles. The van der Waals surface area contributed by atoms with Gasteiger partial charge in [-0.05, 0) is 44.9 Å². The van der Waals surface area contributed by atoms with E-state index in [2.05, 4.69) is 32.1 Å². The maximum Gasteiger partial charge on any atom is 0.472 e. The number of ether oxygens (including phenoxy) is 2. The van der Waals surface area contributed by atoms with Crippen LogP contribution in [0.3, 0.4) is 0 Å². The van der Waals surface area contributed by atoms with Crippen LogP contribution >= 0.6 is 7.82 Å². The van der Waals surface area contributed by atoms with E-state index in [-0.39, 0.29) is 26.1 Å². The van der Waals surface area contributed by atoms with Gasteiger partial charge in [-0.2, -0.15) is 0 Å². The molecule has 0 saturated carbocycles. The summed E-state index contributed by atoms with van der Waals surface area (Å²) in [6.45, 7) is 4.21. The number of hydrogen-bond donors (Lipinski definition) is 2. The Labute approximate surface area is 329 Å². The number of phosphoric acid groups is 1. The zero-order chi connectivity index (χ0) is 40.2. The van der Waals surface area contributed by atoms with Gasteiger partial charge in [0.05, 0.1) is 33.9 Å². The minimum Gasteiger partial charge on any atom is -0.462 e. The number of hydrogen-bond acceptors (Lipinski definition) is 8. The van der Waals surface area contributed by atoms with E-state index in [1.54, 1.807) is 12.2 Å². The second kappa shape index (κ2) is 35.4. The molecular formula is C43H79NO9P+. The molecule has 0 aromatic carbocycles. The van der Waals surface area contributed by atoms with E-state index in [1.807, 2.05) is 39.4 Å². The van der Waals surface area contributed by atoms with Crippen molar-refractivity contribution in [1.82, 2.24) is 0 Å². The summed E-state index contributed by atoms with van der Waals surface area (Å²) in [5.74, 6) is -0.930. The van der Waals surface area contributed by atoms with Crippen molar-refractivity contribution in [3.8, 4) is 0 Å². The largest absolute Gasteiger partial charge is 0.472 e. The van der Waals surface area contributed by atoms with E-state index in [1.165, 1.54) is 70.6 Å². The molecular weight excluding hydrogens is 705 g/mol. The van der Waals surface area contributed by atoms with Crippen LogP contribution in [0.2, 0.25) is 0 Å². The van der Waals surface area contributed by atoms with Crippen LogP contribution in [0, 0.1) is 0 Å². The molecule has 54 heavy (non-hydrogen) atoms. The number of phosphoric ester groups is 1. The minimum atomic E-state index is -4.40. The van der Waals surface area contributed by atoms with Gasteiger partial charge >= 0.3 is 19.8 Å². The number of nitrogens with zero attached hydrogens (tertiary/aromatic N) is 1. The Morgan fingerprint density at radius 3 is 1.89 bits per heavy atom. The topological polar surface area (TPSA) is 129 Å². The number of unbranched alkanes of at least 4 members (excludes halogenated alkanes) is 15. The number of carbonyl (C=O) groups excluding carboxylic acids is 2. The number of esters is 2. The third-order valence-electron chi connectivity index (χ3n) is 8.69. The summed E-state index contributed by atoms with van der Waals surface area (Å²) < 4.78 is 34.1. The van der Waals surface area contributed by atoms with Crippen LogP contribution in [-0.2, 0) is 32.7 Å². The van der Waals surface area contributed by atoms with Crippen LogP contribution in [0.25, 0.3) is 0 Å². The molecule has 0 radical (unpaired) electrons. The number of quaternary nitrogens is 1. The molecule has 0 aliphatic carbocycles. The third kappa shape index (κ3) is 38.2. The predicted molar refractivity (Wildman–Crippen MR) is 221 cm³/mol. The van der Waals surface area contributed by atoms with Crippen LogP contribution in [0.4, 0.5) is 0 Å². The Bertz CT molecular complexity index is 1080. The standard InChI is InChI=1S/C43H78NO9P/c1-6-8-10-12-14-16-17-18-20-22-26-31-35-43(47)53-41(39-52-54(48,49)51-37-36-44(3,4)5)38-50-42(46)34-30-27-23-25-29-33-40(45)32-28-24-21-19-15-13-11-9-7-2/h15,19,23-25,28-29,33,40-41,45H,6-14,16-18,20-22,26-27,30-32,34-39H2,1-5H3/p+1/b19-15-,25-23+,28-24-,33-29-/t40?,41-/m1/s1. The van der Waals surface area contributed by atoms with Gasteiger partial charge in [-0.25, -0.2) is 4.57 Å². The lowest BCUT2D eigenvalue weighted by molar-refractivity contribution is -0.870. The molecule has 0 bridgehead atoms. The highest BCUT2D eigenvalue weighted by Crippen LogP contribution is 2.43. The number of aliphatic hydroxyl groups excluding tert-OH is 1. The van der Waals surface area contributed by atoms with E-state index in [0.717, 1.165) is 32.1 Å². The van der Waals surface area contributed by atoms with Gasteiger partial charge in [-0.1, -0.05) is 146 Å². The van der Waals surface area contributed by atoms with Crippen LogP contribution in [-0.4, -0.2) is 86.1 Å². The summed E-state index contributed by atoms with van der Waals surface area (Å²) in [6, 6.07) is 0. The van der Waals surface area contributed by atoms with E-state index in [0.29, 0.717) is 36.7 Å². The molecule has 0 aromatic rings. The zero-order valence-corrected chi connectivity index (χ0v) is 35.7. The molecule has 2 N–H and O–H groups in total. The van der Waals surface area contributed by atoms with Crippen LogP contribution < -0.4 is 0 Å². The molecule has 0 heterocycles. The van der Waals surface area contributed by atoms with Crippen molar-refractivity contribution in [2.75, 3.05) is 47.5 Å². The molecule has 0 aliphatic rings. The van der Waals surface area contributed by atoms with Gasteiger partial charge in [-0.15, -0.1) is 0 Å². The van der Waals surface area contributed by atoms with Crippen LogP contribution in [0.5, 0.6) is 0 Å². The summed E-state index contributed by atoms with van der Waals surface area (Å²) in [5, 5.41) is 10.1. The van der Waals surface area contributed by atoms with Crippen molar-refractivity contribution >= 4 is 19.8 Å². The van der Waals surface area contributed by atoms with Crippen molar-refractivity contribution in [3.63, 3.8) is 0 Å². The summed E-state index contributed by atoms with van der Waals surface area (Å²) in [6.07, 6.45) is 36.2. The number of carbonyl (C=O) groups is 2. The first-order chi connectivity index (χ1) is 25.9. The van der Waals surface area contributed by atoms with Crippen molar-refractivity contribution in [1.29, 1.82) is 0 Å². The molecule has 0 rings (SSSR count). The summed E-state index contributed by atoms with van der Waals surface area (Å²) in [7, 11) is 1.40. The number of likely N-dealkylation sites (N-methyl/N-ethyl adjacent to an activating group) is 1. The van der Waals surface area contributed by atoms with Crippen LogP contribution in [0.15, 0.2) is 48.6 Å². The van der Waals surface area contributed by atoms with Gasteiger partial charge in [0.25, 0.3) is 0 Å². The van der Waals surface area contributed by atoms with E-state index in [9.17, 15) is 24.2 Å². The smallest absolute Gasteiger partial charge is 0.462 e. The summed E-state index contributed by atoms with van der Waals surface area (Å²) in [4.78, 5) is 35.2. The normalized spacial score (nSPS) is 14.7. The van der Waals surface area contributed by atoms with Crippen molar-refractivity contribution in [3.05, 3.63) is 48.6 Å². The van der Waals surface area contributed by atoms with Gasteiger partial charge in [0, 0.05) is 12.8 Å². The molecule has 0 fully saturated rings. The monoisotopic (exact) mass is 785 g/mol. The lowest BCUT2D eigenvalue weighted by Gasteiger charge is -2.24. The Morgan fingerprint density at radius 1 is 0.667 bits per heavy atom. The van der Waals surface area contributed by atoms with Crippen molar-refractivity contribution < 1.29 is 47.2 Å². The maximum absolute atomic E-state index is 12.6. The van der Waals surface area contributed by atoms with Crippen molar-refractivity contribution in [2.45, 2.75) is 167 Å². The van der Waals surface area contributed by atoms with E-state index < -0.39 is 38.6 Å². The first-order valence-electron chi connectivity index (χ1n) is 21.0. The van der Waals surface area contributed by atoms with Gasteiger partial charge in [0.2, 0.25) is 0 Å². The molecule has 0 spiro atoms. The average Bonchev–Trinajstić information content (AvgIpc) is 3.11. The molecule has 314 valence electrons. The Balaban J connectivity index is 4.57. The Morgan fingerprint density at radius 2 is 1.24 bits per heavy atom. The molecule has 11 heteroatoms. The number of allylic oxidation sites excluding steroid dienone is 6. The molecule has 0 amide bonds. The molecule has 0 saturated heterocycles. The fourth-order valence-electron chi connectivity index (χ4n) is 5.32. The Kier molecular flexibility index (Phi) is 34.0. The van der Waals surface area contributed by atoms with Gasteiger partial charge in [0.1, 0.15) is 19.8 Å². The minimum absolute atomic E-state index is 0.00913. The van der Waals surface area contributed by atoms with Gasteiger partial charge in [0.15, 0.2) is 6.10 Å². The predicted octanol–water partition coefficient (Wildman–Crippen LogP) is 10.5. The molecule has 10 nitrogen and oxygen atoms in total. The highest BCUT2D eigenvalue weighted by atomic mass is 31.2. The average molecular weight is 785 g/mol. The quantitative estimate of drug-likeness (QED) is 0.0158. The second-order valence-corrected chi connectivity index (χ2v) is 16.7. The lowest BCUT2D eigenvalue weighted by atomic mass is 10.0. The van der Waals surface area contributed by atoms with Crippen molar-refractivity contribution in [2.24, 2.45) is 0 Å². The van der Waals surface area contributed by atoms with E-state index >= 15 is 0 Å². The molecule has 0 aromatic heterocycles. The first-order valence-corrected chi connectivity index (χ1v) is 22.5. The SMILES string of the molecule is CCCCC/C=C\C/C=C\CC(O)/C=C\C=C\CCCC(=O)OC[C@H](COP(=O)(O)OCC[N+](C)(C)C)OC(=O)CCCCCCCCCCCCCC. The van der Waals surface area contributed by atoms with Gasteiger partial charge in [-0.3, -0.25) is 18.6 Å². The van der Waals surface area contributed by atoms with Crippen LogP contribution in [0.1, 0.15) is 155 Å².